The second kappa shape index (κ2) is 6.48. The molecule has 4 rings (SSSR count). The first-order valence-corrected chi connectivity index (χ1v) is 8.91. The molecule has 0 spiro atoms. The molecule has 2 aliphatic heterocycles. The van der Waals surface area contributed by atoms with Crippen molar-refractivity contribution in [3.8, 4) is 0 Å². The van der Waals surface area contributed by atoms with E-state index in [4.69, 9.17) is 23.2 Å². The molecule has 0 radical (unpaired) electrons. The van der Waals surface area contributed by atoms with Gasteiger partial charge in [0, 0.05) is 17.0 Å². The Morgan fingerprint density at radius 1 is 0.889 bits per heavy atom. The van der Waals surface area contributed by atoms with Crippen LogP contribution in [0.2, 0.25) is 10.0 Å². The Morgan fingerprint density at radius 3 is 1.93 bits per heavy atom. The van der Waals surface area contributed by atoms with Crippen molar-refractivity contribution in [2.24, 2.45) is 11.0 Å². The molecule has 0 aromatic heterocycles. The number of halogens is 2. The largest absolute Gasteiger partial charge is 0.293 e. The van der Waals surface area contributed by atoms with Gasteiger partial charge in [-0.3, -0.25) is 19.4 Å². The number of hydrogen-bond acceptors (Lipinski definition) is 5. The molecule has 136 valence electrons. The van der Waals surface area contributed by atoms with Crippen molar-refractivity contribution in [1.29, 1.82) is 0 Å². The number of imide groups is 1. The normalized spacial score (nSPS) is 21.5. The van der Waals surface area contributed by atoms with Gasteiger partial charge in [0.2, 0.25) is 5.91 Å². The Bertz CT molecular complexity index is 986. The summed E-state index contributed by atoms with van der Waals surface area (Å²) in [6.45, 7) is 1.34. The van der Waals surface area contributed by atoms with Crippen molar-refractivity contribution < 1.29 is 14.4 Å². The number of ketones is 1. The summed E-state index contributed by atoms with van der Waals surface area (Å²) in [5.41, 5.74) is 1.05. The van der Waals surface area contributed by atoms with Gasteiger partial charge in [-0.15, -0.1) is 0 Å². The average Bonchev–Trinajstić information content (AvgIpc) is 3.15. The van der Waals surface area contributed by atoms with E-state index in [2.05, 4.69) is 5.10 Å². The maximum atomic E-state index is 13.1. The Labute approximate surface area is 165 Å². The van der Waals surface area contributed by atoms with Gasteiger partial charge in [0.05, 0.1) is 11.4 Å². The van der Waals surface area contributed by atoms with Crippen LogP contribution in [0, 0.1) is 5.92 Å². The van der Waals surface area contributed by atoms with Crippen LogP contribution in [-0.2, 0) is 14.4 Å². The standard InChI is InChI=1S/C19H13Cl2N3O3/c1-10(25)16-15-17(24(22-16)14-8-4-12(21)5-9-14)19(27)23(18(15)26)13-6-2-11(20)3-7-13/h2-9,15,17H,1H3/t15-,17+/m1/s1. The summed E-state index contributed by atoms with van der Waals surface area (Å²) in [7, 11) is 0. The zero-order valence-corrected chi connectivity index (χ0v) is 15.6. The molecular formula is C19H13Cl2N3O3. The third-order valence-electron chi connectivity index (χ3n) is 4.59. The number of anilines is 2. The Kier molecular flexibility index (Phi) is 4.25. The Hall–Kier alpha value is -2.70. The third kappa shape index (κ3) is 2.81. The number of benzene rings is 2. The highest BCUT2D eigenvalue weighted by molar-refractivity contribution is 6.49. The number of hydrogen-bond donors (Lipinski definition) is 0. The highest BCUT2D eigenvalue weighted by Crippen LogP contribution is 2.38. The number of Topliss-reactive ketones (excluding diaryl/α,β-unsaturated/α-hetero) is 1. The molecule has 1 fully saturated rings. The van der Waals surface area contributed by atoms with Gasteiger partial charge in [0.1, 0.15) is 17.7 Å². The number of carbonyl (C=O) groups is 3. The molecule has 2 heterocycles. The predicted octanol–water partition coefficient (Wildman–Crippen LogP) is 3.32. The number of amides is 2. The Balaban J connectivity index is 1.79. The molecule has 0 unspecified atom stereocenters. The number of fused-ring (bicyclic) bond motifs is 1. The molecule has 0 aliphatic carbocycles. The van der Waals surface area contributed by atoms with Crippen LogP contribution in [0.25, 0.3) is 0 Å². The van der Waals surface area contributed by atoms with Crippen LogP contribution in [-0.4, -0.2) is 29.4 Å². The van der Waals surface area contributed by atoms with Crippen molar-refractivity contribution in [1.82, 2.24) is 0 Å². The van der Waals surface area contributed by atoms with E-state index in [1.165, 1.54) is 11.9 Å². The topological polar surface area (TPSA) is 70.1 Å². The first-order chi connectivity index (χ1) is 12.9. The minimum atomic E-state index is -0.943. The van der Waals surface area contributed by atoms with Gasteiger partial charge in [-0.1, -0.05) is 23.2 Å². The summed E-state index contributed by atoms with van der Waals surface area (Å²) >= 11 is 11.8. The number of nitrogens with zero attached hydrogens (tertiary/aromatic N) is 3. The first-order valence-electron chi connectivity index (χ1n) is 8.16. The summed E-state index contributed by atoms with van der Waals surface area (Å²) in [4.78, 5) is 39.3. The number of hydrazone groups is 1. The van der Waals surface area contributed by atoms with Crippen molar-refractivity contribution in [2.45, 2.75) is 13.0 Å². The second-order valence-electron chi connectivity index (χ2n) is 6.27. The third-order valence-corrected chi connectivity index (χ3v) is 5.09. The minimum absolute atomic E-state index is 0.0739. The van der Waals surface area contributed by atoms with E-state index in [0.29, 0.717) is 21.4 Å². The van der Waals surface area contributed by atoms with Crippen molar-refractivity contribution in [3.63, 3.8) is 0 Å². The highest BCUT2D eigenvalue weighted by Gasteiger charge is 2.58. The summed E-state index contributed by atoms with van der Waals surface area (Å²) in [5.74, 6) is -2.21. The quantitative estimate of drug-likeness (QED) is 0.739. The van der Waals surface area contributed by atoms with Crippen LogP contribution >= 0.6 is 23.2 Å². The predicted molar refractivity (Wildman–Crippen MR) is 103 cm³/mol. The first kappa shape index (κ1) is 17.7. The SMILES string of the molecule is CC(=O)C1=NN(c2ccc(Cl)cc2)[C@@H]2C(=O)N(c3ccc(Cl)cc3)C(=O)[C@H]12. The highest BCUT2D eigenvalue weighted by atomic mass is 35.5. The van der Waals surface area contributed by atoms with Gasteiger partial charge in [-0.2, -0.15) is 5.10 Å². The van der Waals surface area contributed by atoms with Crippen LogP contribution < -0.4 is 9.91 Å². The van der Waals surface area contributed by atoms with E-state index < -0.39 is 23.8 Å². The molecule has 8 heteroatoms. The fourth-order valence-corrected chi connectivity index (χ4v) is 3.61. The zero-order chi connectivity index (χ0) is 19.3. The zero-order valence-electron chi connectivity index (χ0n) is 14.1. The Morgan fingerprint density at radius 2 is 1.41 bits per heavy atom. The lowest BCUT2D eigenvalue weighted by atomic mass is 9.95. The van der Waals surface area contributed by atoms with Crippen molar-refractivity contribution >= 4 is 57.9 Å². The van der Waals surface area contributed by atoms with Gasteiger partial charge in [-0.25, -0.2) is 4.90 Å². The summed E-state index contributed by atoms with van der Waals surface area (Å²) < 4.78 is 0. The molecule has 2 amide bonds. The van der Waals surface area contributed by atoms with E-state index in [1.54, 1.807) is 48.5 Å². The molecule has 0 N–H and O–H groups in total. The lowest BCUT2D eigenvalue weighted by molar-refractivity contribution is -0.122. The van der Waals surface area contributed by atoms with Crippen LogP contribution in [0.15, 0.2) is 53.6 Å². The molecule has 2 aromatic rings. The van der Waals surface area contributed by atoms with Gasteiger partial charge in [0.25, 0.3) is 5.91 Å². The fourth-order valence-electron chi connectivity index (χ4n) is 3.36. The van der Waals surface area contributed by atoms with Gasteiger partial charge >= 0.3 is 0 Å². The molecule has 2 aliphatic rings. The van der Waals surface area contributed by atoms with E-state index >= 15 is 0 Å². The monoisotopic (exact) mass is 401 g/mol. The molecular weight excluding hydrogens is 389 g/mol. The lowest BCUT2D eigenvalue weighted by Crippen LogP contribution is -2.39. The molecule has 1 saturated heterocycles. The van der Waals surface area contributed by atoms with E-state index in [-0.39, 0.29) is 11.5 Å². The van der Waals surface area contributed by atoms with E-state index in [9.17, 15) is 14.4 Å². The molecule has 2 atom stereocenters. The van der Waals surface area contributed by atoms with Crippen molar-refractivity contribution in [2.75, 3.05) is 9.91 Å². The smallest absolute Gasteiger partial charge is 0.259 e. The van der Waals surface area contributed by atoms with E-state index in [0.717, 1.165) is 4.90 Å². The van der Waals surface area contributed by atoms with E-state index in [1.807, 2.05) is 0 Å². The fraction of sp³-hybridized carbons (Fsp3) is 0.158. The lowest BCUT2D eigenvalue weighted by Gasteiger charge is -2.22. The molecule has 2 aromatic carbocycles. The van der Waals surface area contributed by atoms with Gasteiger partial charge in [-0.05, 0) is 48.5 Å². The van der Waals surface area contributed by atoms with Crippen LogP contribution in [0.4, 0.5) is 11.4 Å². The molecule has 27 heavy (non-hydrogen) atoms. The van der Waals surface area contributed by atoms with Gasteiger partial charge < -0.3 is 0 Å². The maximum absolute atomic E-state index is 13.1. The molecule has 6 nitrogen and oxygen atoms in total. The van der Waals surface area contributed by atoms with Crippen LogP contribution in [0.1, 0.15) is 6.92 Å². The molecule has 0 saturated carbocycles. The molecule has 0 bridgehead atoms. The minimum Gasteiger partial charge on any atom is -0.293 e. The number of rotatable bonds is 3. The maximum Gasteiger partial charge on any atom is 0.259 e. The number of carbonyl (C=O) groups excluding carboxylic acids is 3. The summed E-state index contributed by atoms with van der Waals surface area (Å²) in [5, 5.41) is 6.73. The summed E-state index contributed by atoms with van der Waals surface area (Å²) in [6, 6.07) is 12.2. The van der Waals surface area contributed by atoms with Crippen LogP contribution in [0.5, 0.6) is 0 Å². The average molecular weight is 402 g/mol. The summed E-state index contributed by atoms with van der Waals surface area (Å²) in [6.07, 6.45) is 0. The van der Waals surface area contributed by atoms with Gasteiger partial charge in [0.15, 0.2) is 5.78 Å². The van der Waals surface area contributed by atoms with Crippen molar-refractivity contribution in [3.05, 3.63) is 58.6 Å². The van der Waals surface area contributed by atoms with Crippen LogP contribution in [0.3, 0.4) is 0 Å². The second-order valence-corrected chi connectivity index (χ2v) is 7.15.